The van der Waals surface area contributed by atoms with Crippen LogP contribution in [0.5, 0.6) is 0 Å². The van der Waals surface area contributed by atoms with Gasteiger partial charge in [-0.05, 0) is 43.6 Å². The normalized spacial score (nSPS) is 21.8. The van der Waals surface area contributed by atoms with Crippen LogP contribution in [0.15, 0.2) is 54.6 Å². The van der Waals surface area contributed by atoms with Crippen molar-refractivity contribution in [2.75, 3.05) is 44.2 Å². The van der Waals surface area contributed by atoms with Gasteiger partial charge in [0.25, 0.3) is 0 Å². The zero-order valence-corrected chi connectivity index (χ0v) is 16.3. The lowest BCUT2D eigenvalue weighted by Gasteiger charge is -2.24. The number of anilines is 1. The quantitative estimate of drug-likeness (QED) is 0.794. The van der Waals surface area contributed by atoms with Crippen LogP contribution < -0.4 is 4.90 Å². The lowest BCUT2D eigenvalue weighted by atomic mass is 10.1. The number of benzene rings is 2. The molecule has 2 aromatic rings. The molecule has 0 aromatic heterocycles. The van der Waals surface area contributed by atoms with Crippen molar-refractivity contribution in [1.29, 1.82) is 0 Å². The minimum Gasteiger partial charge on any atom is -0.312 e. The molecule has 2 saturated heterocycles. The maximum Gasteiger partial charge on any atom is 0.227 e. The molecule has 1 atom stereocenters. The second kappa shape index (κ2) is 8.84. The van der Waals surface area contributed by atoms with Gasteiger partial charge in [0, 0.05) is 50.4 Å². The fraction of sp³-hybridized carbons (Fsp3) is 0.435. The molecule has 2 aromatic carbocycles. The third kappa shape index (κ3) is 4.59. The summed E-state index contributed by atoms with van der Waals surface area (Å²) in [6, 6.07) is 17.0. The van der Waals surface area contributed by atoms with Gasteiger partial charge in [0.1, 0.15) is 5.82 Å². The maximum absolute atomic E-state index is 13.9. The lowest BCUT2D eigenvalue weighted by Crippen LogP contribution is -2.35. The molecule has 0 radical (unpaired) electrons. The molecule has 0 aliphatic carbocycles. The van der Waals surface area contributed by atoms with Crippen molar-refractivity contribution in [3.05, 3.63) is 66.0 Å². The van der Waals surface area contributed by atoms with E-state index in [9.17, 15) is 9.18 Å². The number of hydrogen-bond donors (Lipinski definition) is 0. The highest BCUT2D eigenvalue weighted by molar-refractivity contribution is 5.95. The number of carbonyl (C=O) groups excluding carboxylic acids is 1. The molecule has 2 aliphatic rings. The highest BCUT2D eigenvalue weighted by Gasteiger charge is 2.32. The van der Waals surface area contributed by atoms with Gasteiger partial charge in [-0.2, -0.15) is 0 Å². The molecule has 5 heteroatoms. The monoisotopic (exact) mass is 381 g/mol. The molecule has 0 N–H and O–H groups in total. The summed E-state index contributed by atoms with van der Waals surface area (Å²) in [5.41, 5.74) is 1.78. The topological polar surface area (TPSA) is 26.8 Å². The van der Waals surface area contributed by atoms with Crippen molar-refractivity contribution in [3.8, 4) is 0 Å². The van der Waals surface area contributed by atoms with Gasteiger partial charge < -0.3 is 9.80 Å². The highest BCUT2D eigenvalue weighted by atomic mass is 19.1. The summed E-state index contributed by atoms with van der Waals surface area (Å²) in [5.74, 6) is 0.493. The lowest BCUT2D eigenvalue weighted by molar-refractivity contribution is -0.117. The molecule has 1 amide bonds. The van der Waals surface area contributed by atoms with Crippen LogP contribution in [0.3, 0.4) is 0 Å². The van der Waals surface area contributed by atoms with Gasteiger partial charge >= 0.3 is 0 Å². The minimum atomic E-state index is -0.117. The Labute approximate surface area is 166 Å². The third-order valence-corrected chi connectivity index (χ3v) is 5.82. The molecule has 2 heterocycles. The van der Waals surface area contributed by atoms with E-state index in [2.05, 4.69) is 9.80 Å². The van der Waals surface area contributed by atoms with Crippen LogP contribution >= 0.6 is 0 Å². The van der Waals surface area contributed by atoms with Gasteiger partial charge in [-0.15, -0.1) is 0 Å². The Hall–Kier alpha value is -2.24. The first-order valence-electron chi connectivity index (χ1n) is 10.2. The van der Waals surface area contributed by atoms with Crippen LogP contribution in [0.1, 0.15) is 18.4 Å². The van der Waals surface area contributed by atoms with Gasteiger partial charge in [-0.25, -0.2) is 4.39 Å². The number of nitrogens with zero attached hydrogens (tertiary/aromatic N) is 3. The second-order valence-electron chi connectivity index (χ2n) is 7.93. The van der Waals surface area contributed by atoms with Gasteiger partial charge in [-0.3, -0.25) is 9.69 Å². The Morgan fingerprint density at radius 1 is 0.893 bits per heavy atom. The van der Waals surface area contributed by atoms with Crippen LogP contribution in [0, 0.1) is 11.7 Å². The third-order valence-electron chi connectivity index (χ3n) is 5.82. The zero-order chi connectivity index (χ0) is 19.3. The molecule has 148 valence electrons. The first-order chi connectivity index (χ1) is 13.7. The van der Waals surface area contributed by atoms with Crippen LogP contribution in [-0.2, 0) is 11.3 Å². The predicted molar refractivity (Wildman–Crippen MR) is 110 cm³/mol. The van der Waals surface area contributed by atoms with E-state index in [-0.39, 0.29) is 11.7 Å². The molecule has 4 nitrogen and oxygen atoms in total. The van der Waals surface area contributed by atoms with Crippen LogP contribution in [-0.4, -0.2) is 55.0 Å². The van der Waals surface area contributed by atoms with Crippen molar-refractivity contribution in [2.24, 2.45) is 5.92 Å². The number of para-hydroxylation sites is 1. The number of halogens is 1. The molecule has 0 bridgehead atoms. The summed E-state index contributed by atoms with van der Waals surface area (Å²) in [4.78, 5) is 19.2. The summed E-state index contributed by atoms with van der Waals surface area (Å²) in [6.45, 7) is 6.39. The van der Waals surface area contributed by atoms with Crippen molar-refractivity contribution in [2.45, 2.75) is 19.4 Å². The minimum absolute atomic E-state index is 0.117. The molecular formula is C23H28FN3O. The van der Waals surface area contributed by atoms with Crippen molar-refractivity contribution in [3.63, 3.8) is 0 Å². The van der Waals surface area contributed by atoms with Gasteiger partial charge in [-0.1, -0.05) is 36.4 Å². The van der Waals surface area contributed by atoms with E-state index in [4.69, 9.17) is 0 Å². The Kier molecular flexibility index (Phi) is 6.03. The summed E-state index contributed by atoms with van der Waals surface area (Å²) >= 11 is 0. The van der Waals surface area contributed by atoms with E-state index in [0.717, 1.165) is 56.9 Å². The highest BCUT2D eigenvalue weighted by Crippen LogP contribution is 2.25. The average molecular weight is 381 g/mol. The Bertz CT molecular complexity index is 797. The molecular weight excluding hydrogens is 353 g/mol. The zero-order valence-electron chi connectivity index (χ0n) is 16.3. The molecule has 2 aliphatic heterocycles. The molecule has 0 saturated carbocycles. The van der Waals surface area contributed by atoms with Crippen LogP contribution in [0.4, 0.5) is 10.1 Å². The van der Waals surface area contributed by atoms with Crippen molar-refractivity contribution in [1.82, 2.24) is 9.80 Å². The van der Waals surface area contributed by atoms with Crippen LogP contribution in [0.2, 0.25) is 0 Å². The van der Waals surface area contributed by atoms with E-state index in [1.165, 1.54) is 6.07 Å². The average Bonchev–Trinajstić information content (AvgIpc) is 2.93. The molecule has 0 unspecified atom stereocenters. The van der Waals surface area contributed by atoms with Crippen molar-refractivity contribution >= 4 is 11.6 Å². The standard InChI is InChI=1S/C23H28FN3O/c24-22-10-5-4-7-20(22)18-26-12-6-11-25(13-14-26)16-19-15-23(28)27(17-19)21-8-2-1-3-9-21/h1-5,7-10,19H,6,11-18H2/t19-/m1/s1. The first kappa shape index (κ1) is 19.1. The summed E-state index contributed by atoms with van der Waals surface area (Å²) in [7, 11) is 0. The van der Waals surface area contributed by atoms with E-state index < -0.39 is 0 Å². The van der Waals surface area contributed by atoms with Gasteiger partial charge in [0.05, 0.1) is 0 Å². The number of hydrogen-bond acceptors (Lipinski definition) is 3. The number of rotatable bonds is 5. The van der Waals surface area contributed by atoms with Gasteiger partial charge in [0.15, 0.2) is 0 Å². The van der Waals surface area contributed by atoms with Gasteiger partial charge in [0.2, 0.25) is 5.91 Å². The maximum atomic E-state index is 13.9. The van der Waals surface area contributed by atoms with E-state index >= 15 is 0 Å². The Morgan fingerprint density at radius 2 is 1.61 bits per heavy atom. The largest absolute Gasteiger partial charge is 0.312 e. The molecule has 2 fully saturated rings. The first-order valence-corrected chi connectivity index (χ1v) is 10.2. The van der Waals surface area contributed by atoms with E-state index in [1.807, 2.05) is 47.4 Å². The summed E-state index contributed by atoms with van der Waals surface area (Å²) < 4.78 is 13.9. The number of amides is 1. The molecule has 0 spiro atoms. The SMILES string of the molecule is O=C1C[C@H](CN2CCCN(Cc3ccccc3F)CC2)CN1c1ccccc1. The van der Waals surface area contributed by atoms with E-state index in [1.54, 1.807) is 6.07 Å². The predicted octanol–water partition coefficient (Wildman–Crippen LogP) is 3.39. The van der Waals surface area contributed by atoms with Crippen LogP contribution in [0.25, 0.3) is 0 Å². The molecule has 28 heavy (non-hydrogen) atoms. The fourth-order valence-electron chi connectivity index (χ4n) is 4.36. The summed E-state index contributed by atoms with van der Waals surface area (Å²) in [6.07, 6.45) is 1.71. The summed E-state index contributed by atoms with van der Waals surface area (Å²) in [5, 5.41) is 0. The fourth-order valence-corrected chi connectivity index (χ4v) is 4.36. The Balaban J connectivity index is 1.29. The second-order valence-corrected chi connectivity index (χ2v) is 7.93. The molecule has 4 rings (SSSR count). The van der Waals surface area contributed by atoms with E-state index in [0.29, 0.717) is 18.9 Å². The Morgan fingerprint density at radius 3 is 2.43 bits per heavy atom. The number of carbonyl (C=O) groups is 1. The van der Waals surface area contributed by atoms with Crippen molar-refractivity contribution < 1.29 is 9.18 Å². The smallest absolute Gasteiger partial charge is 0.227 e.